The SMILES string of the molecule is CC1(O)CCc2c(O)c3c(c(O)c2C1)C(=O)c1cccc(O)c1C3=O. The minimum absolute atomic E-state index is 0.0188. The van der Waals surface area contributed by atoms with Crippen molar-refractivity contribution >= 4 is 11.6 Å². The monoisotopic (exact) mass is 340 g/mol. The number of hydrogen-bond acceptors (Lipinski definition) is 6. The molecule has 0 radical (unpaired) electrons. The maximum Gasteiger partial charge on any atom is 0.202 e. The average Bonchev–Trinajstić information content (AvgIpc) is 2.55. The summed E-state index contributed by atoms with van der Waals surface area (Å²) in [5, 5.41) is 41.6. The van der Waals surface area contributed by atoms with Crippen LogP contribution in [0.3, 0.4) is 0 Å². The van der Waals surface area contributed by atoms with Gasteiger partial charge in [0.15, 0.2) is 5.78 Å². The number of phenolic OH excluding ortho intramolecular Hbond substituents is 3. The van der Waals surface area contributed by atoms with E-state index in [0.29, 0.717) is 12.0 Å². The number of carbonyl (C=O) groups excluding carboxylic acids is 2. The highest BCUT2D eigenvalue weighted by Crippen LogP contribution is 2.47. The molecule has 0 aliphatic heterocycles. The van der Waals surface area contributed by atoms with E-state index in [4.69, 9.17) is 0 Å². The number of fused-ring (bicyclic) bond motifs is 3. The van der Waals surface area contributed by atoms with Crippen LogP contribution in [0.1, 0.15) is 56.3 Å². The van der Waals surface area contributed by atoms with E-state index in [2.05, 4.69) is 0 Å². The zero-order valence-electron chi connectivity index (χ0n) is 13.5. The van der Waals surface area contributed by atoms with Crippen molar-refractivity contribution in [2.24, 2.45) is 0 Å². The fourth-order valence-corrected chi connectivity index (χ4v) is 3.82. The Morgan fingerprint density at radius 2 is 1.56 bits per heavy atom. The van der Waals surface area contributed by atoms with Crippen LogP contribution in [-0.2, 0) is 12.8 Å². The van der Waals surface area contributed by atoms with Crippen LogP contribution in [0.25, 0.3) is 0 Å². The summed E-state index contributed by atoms with van der Waals surface area (Å²) in [5.41, 5.74) is -1.15. The molecule has 0 amide bonds. The summed E-state index contributed by atoms with van der Waals surface area (Å²) < 4.78 is 0. The predicted molar refractivity (Wildman–Crippen MR) is 87.4 cm³/mol. The molecule has 2 aromatic rings. The standard InChI is InChI=1S/C19H16O6/c1-19(25)6-5-8-10(7-19)17(23)13-14(15(8)21)18(24)12-9(16(13)22)3-2-4-11(12)20/h2-4,20-21,23,25H,5-7H2,1H3. The van der Waals surface area contributed by atoms with Gasteiger partial charge in [0, 0.05) is 23.1 Å². The minimum Gasteiger partial charge on any atom is -0.507 e. The van der Waals surface area contributed by atoms with Crippen LogP contribution >= 0.6 is 0 Å². The van der Waals surface area contributed by atoms with Crippen molar-refractivity contribution in [2.75, 3.05) is 0 Å². The first-order chi connectivity index (χ1) is 11.7. The molecular formula is C19H16O6. The van der Waals surface area contributed by atoms with Gasteiger partial charge in [0.25, 0.3) is 0 Å². The molecule has 128 valence electrons. The van der Waals surface area contributed by atoms with E-state index in [-0.39, 0.29) is 57.9 Å². The van der Waals surface area contributed by atoms with Crippen molar-refractivity contribution in [3.05, 3.63) is 51.6 Å². The van der Waals surface area contributed by atoms with Crippen LogP contribution in [0, 0.1) is 0 Å². The van der Waals surface area contributed by atoms with Crippen molar-refractivity contribution in [1.82, 2.24) is 0 Å². The molecule has 0 saturated heterocycles. The third-order valence-electron chi connectivity index (χ3n) is 5.10. The van der Waals surface area contributed by atoms with Crippen molar-refractivity contribution < 1.29 is 30.0 Å². The molecule has 1 unspecified atom stereocenters. The number of aromatic hydroxyl groups is 3. The predicted octanol–water partition coefficient (Wildman–Crippen LogP) is 1.82. The largest absolute Gasteiger partial charge is 0.507 e. The number of carbonyl (C=O) groups is 2. The Bertz CT molecular complexity index is 971. The molecule has 25 heavy (non-hydrogen) atoms. The molecule has 0 fully saturated rings. The summed E-state index contributed by atoms with van der Waals surface area (Å²) in [4.78, 5) is 25.7. The average molecular weight is 340 g/mol. The lowest BCUT2D eigenvalue weighted by atomic mass is 9.74. The minimum atomic E-state index is -1.07. The van der Waals surface area contributed by atoms with Gasteiger partial charge in [0.2, 0.25) is 5.78 Å². The van der Waals surface area contributed by atoms with Crippen molar-refractivity contribution in [1.29, 1.82) is 0 Å². The Kier molecular flexibility index (Phi) is 3.02. The Balaban J connectivity index is 2.05. The van der Waals surface area contributed by atoms with Crippen LogP contribution in [0.15, 0.2) is 18.2 Å². The zero-order chi connectivity index (χ0) is 18.1. The van der Waals surface area contributed by atoms with E-state index in [1.165, 1.54) is 18.2 Å². The smallest absolute Gasteiger partial charge is 0.202 e. The summed E-state index contributed by atoms with van der Waals surface area (Å²) in [6, 6.07) is 4.12. The quantitative estimate of drug-likeness (QED) is 0.464. The second kappa shape index (κ2) is 4.83. The Morgan fingerprint density at radius 3 is 2.28 bits per heavy atom. The van der Waals surface area contributed by atoms with Gasteiger partial charge in [-0.1, -0.05) is 12.1 Å². The first kappa shape index (κ1) is 15.7. The molecule has 0 spiro atoms. The van der Waals surface area contributed by atoms with Crippen LogP contribution < -0.4 is 0 Å². The lowest BCUT2D eigenvalue weighted by molar-refractivity contribution is 0.0446. The maximum atomic E-state index is 12.8. The van der Waals surface area contributed by atoms with Crippen molar-refractivity contribution in [3.63, 3.8) is 0 Å². The van der Waals surface area contributed by atoms with Gasteiger partial charge in [-0.3, -0.25) is 9.59 Å². The number of rotatable bonds is 0. The molecule has 1 atom stereocenters. The fraction of sp³-hybridized carbons (Fsp3) is 0.263. The molecule has 4 rings (SSSR count). The molecule has 4 N–H and O–H groups in total. The van der Waals surface area contributed by atoms with Crippen LogP contribution in [0.2, 0.25) is 0 Å². The van der Waals surface area contributed by atoms with E-state index in [1.54, 1.807) is 6.92 Å². The Morgan fingerprint density at radius 1 is 0.920 bits per heavy atom. The van der Waals surface area contributed by atoms with E-state index < -0.39 is 17.2 Å². The highest BCUT2D eigenvalue weighted by molar-refractivity contribution is 6.31. The fourth-order valence-electron chi connectivity index (χ4n) is 3.82. The lowest BCUT2D eigenvalue weighted by Crippen LogP contribution is -2.33. The zero-order valence-corrected chi connectivity index (χ0v) is 13.5. The highest BCUT2D eigenvalue weighted by atomic mass is 16.3. The molecule has 0 aromatic heterocycles. The summed E-state index contributed by atoms with van der Waals surface area (Å²) in [5.74, 6) is -2.42. The summed E-state index contributed by atoms with van der Waals surface area (Å²) in [6.07, 6.45) is 0.698. The first-order valence-electron chi connectivity index (χ1n) is 7.96. The van der Waals surface area contributed by atoms with Gasteiger partial charge in [0.05, 0.1) is 22.3 Å². The molecular weight excluding hydrogens is 324 g/mol. The first-order valence-corrected chi connectivity index (χ1v) is 7.96. The number of phenols is 3. The Hall–Kier alpha value is -2.86. The van der Waals surface area contributed by atoms with Gasteiger partial charge in [-0.2, -0.15) is 0 Å². The van der Waals surface area contributed by atoms with E-state index in [1.807, 2.05) is 0 Å². The van der Waals surface area contributed by atoms with Gasteiger partial charge in [-0.25, -0.2) is 0 Å². The Labute approximate surface area is 143 Å². The molecule has 2 aromatic carbocycles. The van der Waals surface area contributed by atoms with Gasteiger partial charge in [-0.05, 0) is 25.8 Å². The lowest BCUT2D eigenvalue weighted by Gasteiger charge is -2.33. The second-order valence-electron chi connectivity index (χ2n) is 6.94. The summed E-state index contributed by atoms with van der Waals surface area (Å²) in [7, 11) is 0. The number of ketones is 2. The maximum absolute atomic E-state index is 12.8. The van der Waals surface area contributed by atoms with Gasteiger partial charge >= 0.3 is 0 Å². The molecule has 0 saturated carbocycles. The number of aliphatic hydroxyl groups is 1. The summed E-state index contributed by atoms with van der Waals surface area (Å²) >= 11 is 0. The number of hydrogen-bond donors (Lipinski definition) is 4. The highest BCUT2D eigenvalue weighted by Gasteiger charge is 2.41. The van der Waals surface area contributed by atoms with Crippen LogP contribution in [0.4, 0.5) is 0 Å². The van der Waals surface area contributed by atoms with E-state index in [0.717, 1.165) is 0 Å². The van der Waals surface area contributed by atoms with Gasteiger partial charge in [0.1, 0.15) is 17.2 Å². The molecule has 6 nitrogen and oxygen atoms in total. The molecule has 2 aliphatic carbocycles. The third kappa shape index (κ3) is 2.01. The topological polar surface area (TPSA) is 115 Å². The van der Waals surface area contributed by atoms with Crippen molar-refractivity contribution in [3.8, 4) is 17.2 Å². The van der Waals surface area contributed by atoms with E-state index >= 15 is 0 Å². The number of benzene rings is 2. The van der Waals surface area contributed by atoms with Gasteiger partial charge < -0.3 is 20.4 Å². The van der Waals surface area contributed by atoms with Crippen LogP contribution in [0.5, 0.6) is 17.2 Å². The van der Waals surface area contributed by atoms with Crippen molar-refractivity contribution in [2.45, 2.75) is 31.8 Å². The molecule has 0 bridgehead atoms. The second-order valence-corrected chi connectivity index (χ2v) is 6.94. The molecule has 6 heteroatoms. The normalized spacial score (nSPS) is 21.5. The molecule has 0 heterocycles. The van der Waals surface area contributed by atoms with Crippen LogP contribution in [-0.4, -0.2) is 37.6 Å². The van der Waals surface area contributed by atoms with Gasteiger partial charge in [-0.15, -0.1) is 0 Å². The van der Waals surface area contributed by atoms with E-state index in [9.17, 15) is 30.0 Å². The third-order valence-corrected chi connectivity index (χ3v) is 5.10. The molecule has 2 aliphatic rings. The summed E-state index contributed by atoms with van der Waals surface area (Å²) in [6.45, 7) is 1.62.